The second-order valence-corrected chi connectivity index (χ2v) is 5.82. The molecule has 0 spiro atoms. The van der Waals surface area contributed by atoms with Crippen LogP contribution in [0.25, 0.3) is 0 Å². The SMILES string of the molecule is COC(=O)[C@@H](Cc1ccc(I)cc1)NC(=O)C(C)C. The Morgan fingerprint density at radius 3 is 2.32 bits per heavy atom. The fraction of sp³-hybridized carbons (Fsp3) is 0.429. The van der Waals surface area contributed by atoms with Gasteiger partial charge in [-0.05, 0) is 40.3 Å². The van der Waals surface area contributed by atoms with Crippen molar-refractivity contribution >= 4 is 34.5 Å². The molecule has 1 rings (SSSR count). The number of hydrogen-bond acceptors (Lipinski definition) is 3. The molecule has 1 aromatic rings. The lowest BCUT2D eigenvalue weighted by atomic mass is 10.1. The Kier molecular flexibility index (Phi) is 6.27. The molecule has 0 unspecified atom stereocenters. The number of amides is 1. The number of methoxy groups -OCH3 is 1. The third-order valence-electron chi connectivity index (χ3n) is 2.68. The van der Waals surface area contributed by atoms with Crippen molar-refractivity contribution in [3.05, 3.63) is 33.4 Å². The van der Waals surface area contributed by atoms with E-state index in [-0.39, 0.29) is 11.8 Å². The molecule has 19 heavy (non-hydrogen) atoms. The van der Waals surface area contributed by atoms with E-state index in [1.165, 1.54) is 7.11 Å². The molecule has 104 valence electrons. The summed E-state index contributed by atoms with van der Waals surface area (Å²) in [5.74, 6) is -0.739. The molecule has 5 heteroatoms. The Bertz CT molecular complexity index is 443. The van der Waals surface area contributed by atoms with Crippen molar-refractivity contribution in [2.24, 2.45) is 5.92 Å². The highest BCUT2D eigenvalue weighted by Crippen LogP contribution is 2.10. The minimum absolute atomic E-state index is 0.152. The molecule has 1 N–H and O–H groups in total. The predicted molar refractivity (Wildman–Crippen MR) is 81.6 cm³/mol. The largest absolute Gasteiger partial charge is 0.467 e. The molecule has 1 aromatic carbocycles. The molecule has 0 heterocycles. The molecule has 0 bridgehead atoms. The van der Waals surface area contributed by atoms with Crippen LogP contribution >= 0.6 is 22.6 Å². The van der Waals surface area contributed by atoms with E-state index in [0.717, 1.165) is 9.13 Å². The van der Waals surface area contributed by atoms with Crippen LogP contribution < -0.4 is 5.32 Å². The smallest absolute Gasteiger partial charge is 0.328 e. The Morgan fingerprint density at radius 2 is 1.84 bits per heavy atom. The van der Waals surface area contributed by atoms with Gasteiger partial charge in [-0.3, -0.25) is 4.79 Å². The number of rotatable bonds is 5. The summed E-state index contributed by atoms with van der Waals surface area (Å²) in [6, 6.07) is 7.18. The molecule has 0 aliphatic carbocycles. The van der Waals surface area contributed by atoms with Gasteiger partial charge in [0.05, 0.1) is 7.11 Å². The summed E-state index contributed by atoms with van der Waals surface area (Å²) >= 11 is 2.22. The van der Waals surface area contributed by atoms with Gasteiger partial charge >= 0.3 is 5.97 Å². The first kappa shape index (κ1) is 15.9. The van der Waals surface area contributed by atoms with Gasteiger partial charge in [0.1, 0.15) is 6.04 Å². The zero-order valence-corrected chi connectivity index (χ0v) is 13.4. The van der Waals surface area contributed by atoms with Gasteiger partial charge < -0.3 is 10.1 Å². The van der Waals surface area contributed by atoms with Crippen LogP contribution in [-0.2, 0) is 20.7 Å². The second-order valence-electron chi connectivity index (χ2n) is 4.57. The van der Waals surface area contributed by atoms with Gasteiger partial charge in [-0.1, -0.05) is 26.0 Å². The number of carbonyl (C=O) groups excluding carboxylic acids is 2. The van der Waals surface area contributed by atoms with Crippen molar-refractivity contribution in [2.45, 2.75) is 26.3 Å². The molecular formula is C14H18INO3. The topological polar surface area (TPSA) is 55.4 Å². The maximum atomic E-state index is 11.7. The minimum Gasteiger partial charge on any atom is -0.467 e. The number of halogens is 1. The average molecular weight is 375 g/mol. The molecule has 1 amide bonds. The van der Waals surface area contributed by atoms with Gasteiger partial charge in [0.25, 0.3) is 0 Å². The predicted octanol–water partition coefficient (Wildman–Crippen LogP) is 2.15. The Morgan fingerprint density at radius 1 is 1.26 bits per heavy atom. The summed E-state index contributed by atoms with van der Waals surface area (Å²) in [7, 11) is 1.32. The van der Waals surface area contributed by atoms with Crippen LogP contribution in [0.4, 0.5) is 0 Å². The normalized spacial score (nSPS) is 12.1. The summed E-state index contributed by atoms with van der Waals surface area (Å²) in [4.78, 5) is 23.4. The van der Waals surface area contributed by atoms with E-state index in [2.05, 4.69) is 27.9 Å². The first-order valence-electron chi connectivity index (χ1n) is 6.06. The number of hydrogen-bond donors (Lipinski definition) is 1. The van der Waals surface area contributed by atoms with E-state index in [1.54, 1.807) is 13.8 Å². The van der Waals surface area contributed by atoms with E-state index in [1.807, 2.05) is 24.3 Å². The van der Waals surface area contributed by atoms with Crippen molar-refractivity contribution in [3.63, 3.8) is 0 Å². The summed E-state index contributed by atoms with van der Waals surface area (Å²) < 4.78 is 5.86. The number of esters is 1. The third-order valence-corrected chi connectivity index (χ3v) is 3.40. The maximum Gasteiger partial charge on any atom is 0.328 e. The van der Waals surface area contributed by atoms with Crippen LogP contribution in [0.5, 0.6) is 0 Å². The number of carbonyl (C=O) groups is 2. The Labute approximate surface area is 127 Å². The molecule has 1 atom stereocenters. The molecule has 0 aromatic heterocycles. The van der Waals surface area contributed by atoms with Gasteiger partial charge in [-0.15, -0.1) is 0 Å². The maximum absolute atomic E-state index is 11.7. The van der Waals surface area contributed by atoms with Crippen molar-refractivity contribution in [1.29, 1.82) is 0 Å². The summed E-state index contributed by atoms with van der Waals surface area (Å²) in [5.41, 5.74) is 0.986. The highest BCUT2D eigenvalue weighted by Gasteiger charge is 2.22. The first-order valence-corrected chi connectivity index (χ1v) is 7.14. The number of nitrogens with one attached hydrogen (secondary N) is 1. The van der Waals surface area contributed by atoms with Crippen molar-refractivity contribution in [3.8, 4) is 0 Å². The monoisotopic (exact) mass is 375 g/mol. The van der Waals surface area contributed by atoms with E-state index in [9.17, 15) is 9.59 Å². The molecule has 0 saturated carbocycles. The van der Waals surface area contributed by atoms with Gasteiger partial charge in [-0.2, -0.15) is 0 Å². The van der Waals surface area contributed by atoms with Crippen LogP contribution in [0, 0.1) is 9.49 Å². The fourth-order valence-electron chi connectivity index (χ4n) is 1.53. The molecule has 0 radical (unpaired) electrons. The summed E-state index contributed by atoms with van der Waals surface area (Å²) in [6.45, 7) is 3.57. The molecule has 0 aliphatic heterocycles. The molecular weight excluding hydrogens is 357 g/mol. The summed E-state index contributed by atoms with van der Waals surface area (Å²) in [6.07, 6.45) is 0.433. The van der Waals surface area contributed by atoms with E-state index < -0.39 is 12.0 Å². The van der Waals surface area contributed by atoms with Crippen molar-refractivity contribution in [1.82, 2.24) is 5.32 Å². The van der Waals surface area contributed by atoms with Gasteiger partial charge in [0.2, 0.25) is 5.91 Å². The average Bonchev–Trinajstić information content (AvgIpc) is 2.39. The standard InChI is InChI=1S/C14H18INO3/c1-9(2)13(17)16-12(14(18)19-3)8-10-4-6-11(15)7-5-10/h4-7,9,12H,8H2,1-3H3,(H,16,17)/t12-/m1/s1. The highest BCUT2D eigenvalue weighted by atomic mass is 127. The number of ether oxygens (including phenoxy) is 1. The van der Waals surface area contributed by atoms with Crippen LogP contribution in [0.2, 0.25) is 0 Å². The Balaban J connectivity index is 2.77. The zero-order valence-electron chi connectivity index (χ0n) is 11.3. The van der Waals surface area contributed by atoms with Crippen molar-refractivity contribution in [2.75, 3.05) is 7.11 Å². The quantitative estimate of drug-likeness (QED) is 0.634. The second kappa shape index (κ2) is 7.47. The van der Waals surface area contributed by atoms with E-state index in [4.69, 9.17) is 4.74 Å². The summed E-state index contributed by atoms with van der Waals surface area (Å²) in [5, 5.41) is 2.71. The highest BCUT2D eigenvalue weighted by molar-refractivity contribution is 14.1. The molecule has 0 aliphatic rings. The fourth-order valence-corrected chi connectivity index (χ4v) is 1.89. The van der Waals surface area contributed by atoms with Crippen LogP contribution in [0.1, 0.15) is 19.4 Å². The Hall–Kier alpha value is -1.11. The van der Waals surface area contributed by atoms with E-state index >= 15 is 0 Å². The number of benzene rings is 1. The minimum atomic E-state index is -0.639. The lowest BCUT2D eigenvalue weighted by Crippen LogP contribution is -2.44. The lowest BCUT2D eigenvalue weighted by molar-refractivity contribution is -0.145. The van der Waals surface area contributed by atoms with Crippen molar-refractivity contribution < 1.29 is 14.3 Å². The van der Waals surface area contributed by atoms with Gasteiger partial charge in [0, 0.05) is 15.9 Å². The molecule has 0 saturated heterocycles. The van der Waals surface area contributed by atoms with Gasteiger partial charge in [-0.25, -0.2) is 4.79 Å². The molecule has 4 nitrogen and oxygen atoms in total. The lowest BCUT2D eigenvalue weighted by Gasteiger charge is -2.18. The zero-order chi connectivity index (χ0) is 14.4. The van der Waals surface area contributed by atoms with Crippen LogP contribution in [0.15, 0.2) is 24.3 Å². The third kappa shape index (κ3) is 5.18. The van der Waals surface area contributed by atoms with E-state index in [0.29, 0.717) is 6.42 Å². The van der Waals surface area contributed by atoms with Crippen LogP contribution in [-0.4, -0.2) is 25.0 Å². The van der Waals surface area contributed by atoms with Gasteiger partial charge in [0.15, 0.2) is 0 Å². The first-order chi connectivity index (χ1) is 8.93. The van der Waals surface area contributed by atoms with Crippen LogP contribution in [0.3, 0.4) is 0 Å². The molecule has 0 fully saturated rings.